The normalized spacial score (nSPS) is 16.2. The summed E-state index contributed by atoms with van der Waals surface area (Å²) < 4.78 is 15.2. The van der Waals surface area contributed by atoms with Crippen LogP contribution in [0.25, 0.3) is 0 Å². The second-order valence-corrected chi connectivity index (χ2v) is 3.35. The summed E-state index contributed by atoms with van der Waals surface area (Å²) in [6.45, 7) is -0.00154. The van der Waals surface area contributed by atoms with E-state index in [1.54, 1.807) is 0 Å². The smallest absolute Gasteiger partial charge is 0.321 e. The minimum absolute atomic E-state index is 0.00154. The van der Waals surface area contributed by atoms with Crippen LogP contribution in [-0.4, -0.2) is 40.5 Å². The maximum atomic E-state index is 10.6. The molecular formula is C5H10O4S. The van der Waals surface area contributed by atoms with Gasteiger partial charge in [0.1, 0.15) is 0 Å². The van der Waals surface area contributed by atoms with Gasteiger partial charge >= 0.3 is 5.97 Å². The summed E-state index contributed by atoms with van der Waals surface area (Å²) in [5, 5.41) is 7.50. The van der Waals surface area contributed by atoms with Crippen LogP contribution < -0.4 is 0 Å². The van der Waals surface area contributed by atoms with Gasteiger partial charge in [-0.25, -0.2) is 0 Å². The van der Waals surface area contributed by atoms with E-state index in [2.05, 4.69) is 4.74 Å². The lowest BCUT2D eigenvalue weighted by molar-refractivity contribution is -0.137. The Bertz CT molecular complexity index is 131. The van der Waals surface area contributed by atoms with Gasteiger partial charge in [0.15, 0.2) is 5.25 Å². The summed E-state index contributed by atoms with van der Waals surface area (Å²) in [6, 6.07) is 0. The van der Waals surface area contributed by atoms with Crippen molar-refractivity contribution in [3.8, 4) is 0 Å². The lowest BCUT2D eigenvalue weighted by atomic mass is 10.5. The molecule has 2 atom stereocenters. The highest BCUT2D eigenvalue weighted by Crippen LogP contribution is 1.94. The van der Waals surface area contributed by atoms with Crippen LogP contribution in [0, 0.1) is 0 Å². The molecule has 0 fully saturated rings. The topological polar surface area (TPSA) is 63.6 Å². The summed E-state index contributed by atoms with van der Waals surface area (Å²) in [4.78, 5) is 10.3. The molecule has 0 heterocycles. The standard InChI is InChI=1S/C5H10O4S/c1-9-3-4(5(6)7)10(2)8/h4H,3H2,1-2H3,(H,6,7). The molecule has 0 saturated heterocycles. The molecule has 0 saturated carbocycles. The minimum Gasteiger partial charge on any atom is -0.480 e. The molecule has 10 heavy (non-hydrogen) atoms. The van der Waals surface area contributed by atoms with E-state index >= 15 is 0 Å². The summed E-state index contributed by atoms with van der Waals surface area (Å²) in [7, 11) is 0.0199. The monoisotopic (exact) mass is 166 g/mol. The number of ether oxygens (including phenoxy) is 1. The van der Waals surface area contributed by atoms with Crippen molar-refractivity contribution in [2.45, 2.75) is 5.25 Å². The van der Waals surface area contributed by atoms with Crippen molar-refractivity contribution in [1.82, 2.24) is 0 Å². The van der Waals surface area contributed by atoms with E-state index in [1.165, 1.54) is 13.4 Å². The molecule has 60 valence electrons. The molecule has 0 aliphatic carbocycles. The van der Waals surface area contributed by atoms with Crippen LogP contribution in [0.5, 0.6) is 0 Å². The molecular weight excluding hydrogens is 156 g/mol. The third-order valence-electron chi connectivity index (χ3n) is 0.994. The van der Waals surface area contributed by atoms with Gasteiger partial charge in [-0.05, 0) is 0 Å². The fraction of sp³-hybridized carbons (Fsp3) is 0.800. The number of aliphatic carboxylic acids is 1. The first-order valence-corrected chi connectivity index (χ1v) is 4.25. The molecule has 2 unspecified atom stereocenters. The molecule has 4 nitrogen and oxygen atoms in total. The van der Waals surface area contributed by atoms with Gasteiger partial charge in [-0.1, -0.05) is 0 Å². The van der Waals surface area contributed by atoms with Gasteiger partial charge in [-0.3, -0.25) is 9.00 Å². The third kappa shape index (κ3) is 2.93. The molecule has 0 aliphatic rings. The fourth-order valence-corrected chi connectivity index (χ4v) is 1.07. The van der Waals surface area contributed by atoms with Crippen molar-refractivity contribution in [3.63, 3.8) is 0 Å². The number of methoxy groups -OCH3 is 1. The molecule has 5 heteroatoms. The Morgan fingerprint density at radius 1 is 1.80 bits per heavy atom. The molecule has 0 spiro atoms. The van der Waals surface area contributed by atoms with Gasteiger partial charge in [0, 0.05) is 24.2 Å². The second kappa shape index (κ2) is 4.40. The van der Waals surface area contributed by atoms with Crippen LogP contribution in [0.1, 0.15) is 0 Å². The van der Waals surface area contributed by atoms with E-state index in [9.17, 15) is 9.00 Å². The number of carbonyl (C=O) groups is 1. The number of carboxylic acids is 1. The Labute approximate surface area is 61.6 Å². The number of hydrogen-bond acceptors (Lipinski definition) is 3. The average Bonchev–Trinajstić information content (AvgIpc) is 1.81. The van der Waals surface area contributed by atoms with Crippen LogP contribution in [0.4, 0.5) is 0 Å². The summed E-state index contributed by atoms with van der Waals surface area (Å²) >= 11 is 0. The lowest BCUT2D eigenvalue weighted by Crippen LogP contribution is -2.29. The number of rotatable bonds is 4. The largest absolute Gasteiger partial charge is 0.480 e. The quantitative estimate of drug-likeness (QED) is 0.609. The lowest BCUT2D eigenvalue weighted by Gasteiger charge is -2.05. The molecule has 0 bridgehead atoms. The van der Waals surface area contributed by atoms with Crippen LogP contribution in [0.15, 0.2) is 0 Å². The predicted octanol–water partition coefficient (Wildman–Crippen LogP) is -0.536. The van der Waals surface area contributed by atoms with E-state index in [0.717, 1.165) is 0 Å². The second-order valence-electron chi connectivity index (χ2n) is 1.78. The Balaban J connectivity index is 3.98. The van der Waals surface area contributed by atoms with Crippen molar-refractivity contribution in [2.75, 3.05) is 20.0 Å². The summed E-state index contributed by atoms with van der Waals surface area (Å²) in [6.07, 6.45) is 1.35. The molecule has 0 amide bonds. The highest BCUT2D eigenvalue weighted by Gasteiger charge is 2.20. The van der Waals surface area contributed by atoms with Gasteiger partial charge in [-0.2, -0.15) is 0 Å². The van der Waals surface area contributed by atoms with Crippen LogP contribution in [0.2, 0.25) is 0 Å². The van der Waals surface area contributed by atoms with Gasteiger partial charge in [0.2, 0.25) is 0 Å². The first-order chi connectivity index (χ1) is 4.59. The van der Waals surface area contributed by atoms with E-state index < -0.39 is 22.0 Å². The minimum atomic E-state index is -1.36. The molecule has 0 radical (unpaired) electrons. The van der Waals surface area contributed by atoms with E-state index in [-0.39, 0.29) is 6.61 Å². The van der Waals surface area contributed by atoms with Gasteiger partial charge < -0.3 is 9.84 Å². The van der Waals surface area contributed by atoms with Crippen molar-refractivity contribution < 1.29 is 18.8 Å². The maximum Gasteiger partial charge on any atom is 0.321 e. The Morgan fingerprint density at radius 3 is 2.40 bits per heavy atom. The van der Waals surface area contributed by atoms with E-state index in [0.29, 0.717) is 0 Å². The molecule has 0 aromatic rings. The van der Waals surface area contributed by atoms with Crippen molar-refractivity contribution in [1.29, 1.82) is 0 Å². The first kappa shape index (κ1) is 9.58. The zero-order chi connectivity index (χ0) is 8.15. The van der Waals surface area contributed by atoms with Crippen molar-refractivity contribution in [3.05, 3.63) is 0 Å². The number of hydrogen-bond donors (Lipinski definition) is 1. The summed E-state index contributed by atoms with van der Waals surface area (Å²) in [5.74, 6) is -1.08. The molecule has 0 aromatic heterocycles. The fourth-order valence-electron chi connectivity index (χ4n) is 0.460. The zero-order valence-electron chi connectivity index (χ0n) is 5.86. The molecule has 1 N–H and O–H groups in total. The molecule has 0 aromatic carbocycles. The highest BCUT2D eigenvalue weighted by atomic mass is 32.2. The third-order valence-corrected chi connectivity index (χ3v) is 2.13. The summed E-state index contributed by atoms with van der Waals surface area (Å²) in [5.41, 5.74) is 0. The van der Waals surface area contributed by atoms with Crippen LogP contribution in [-0.2, 0) is 20.3 Å². The molecule has 0 aliphatic heterocycles. The first-order valence-electron chi connectivity index (χ1n) is 2.63. The van der Waals surface area contributed by atoms with Gasteiger partial charge in [0.25, 0.3) is 0 Å². The van der Waals surface area contributed by atoms with Crippen molar-refractivity contribution >= 4 is 16.8 Å². The Hall–Kier alpha value is -0.420. The van der Waals surface area contributed by atoms with Gasteiger partial charge in [-0.15, -0.1) is 0 Å². The predicted molar refractivity (Wildman–Crippen MR) is 37.4 cm³/mol. The average molecular weight is 166 g/mol. The Morgan fingerprint density at radius 2 is 2.30 bits per heavy atom. The van der Waals surface area contributed by atoms with E-state index in [4.69, 9.17) is 5.11 Å². The zero-order valence-corrected chi connectivity index (χ0v) is 6.68. The SMILES string of the molecule is COCC(C(=O)O)S(C)=O. The van der Waals surface area contributed by atoms with Crippen LogP contribution >= 0.6 is 0 Å². The molecule has 0 rings (SSSR count). The Kier molecular flexibility index (Phi) is 4.22. The maximum absolute atomic E-state index is 10.6. The number of carboxylic acid groups (broad SMARTS) is 1. The van der Waals surface area contributed by atoms with Crippen LogP contribution in [0.3, 0.4) is 0 Å². The highest BCUT2D eigenvalue weighted by molar-refractivity contribution is 7.85. The van der Waals surface area contributed by atoms with E-state index in [1.807, 2.05) is 0 Å². The van der Waals surface area contributed by atoms with Gasteiger partial charge in [0.05, 0.1) is 6.61 Å². The van der Waals surface area contributed by atoms with Crippen molar-refractivity contribution in [2.24, 2.45) is 0 Å².